The molecule has 3 aromatic rings. The van der Waals surface area contributed by atoms with Crippen LogP contribution in [0, 0.1) is 0 Å². The topological polar surface area (TPSA) is 68.5 Å². The third kappa shape index (κ3) is 3.33. The maximum Gasteiger partial charge on any atom is 0.374 e. The maximum absolute atomic E-state index is 12.2. The van der Waals surface area contributed by atoms with Crippen LogP contribution in [-0.2, 0) is 16.0 Å². The molecule has 4 rings (SSSR count). The number of furan rings is 1. The third-order valence-electron chi connectivity index (χ3n) is 4.67. The van der Waals surface area contributed by atoms with Gasteiger partial charge in [0.1, 0.15) is 5.58 Å². The second-order valence-electron chi connectivity index (χ2n) is 6.44. The molecule has 2 aromatic carbocycles. The molecule has 1 amide bonds. The number of fused-ring (bicyclic) bond motifs is 2. The normalized spacial score (nSPS) is 16.1. The Hall–Kier alpha value is -3.08. The Balaban J connectivity index is 1.36. The van der Waals surface area contributed by atoms with Crippen LogP contribution in [0.15, 0.2) is 59.0 Å². The summed E-state index contributed by atoms with van der Waals surface area (Å²) < 4.78 is 10.6. The molecule has 0 unspecified atom stereocenters. The van der Waals surface area contributed by atoms with Crippen molar-refractivity contribution in [2.45, 2.75) is 25.3 Å². The summed E-state index contributed by atoms with van der Waals surface area (Å²) in [6.07, 6.45) is 2.95. The van der Waals surface area contributed by atoms with Gasteiger partial charge in [-0.15, -0.1) is 0 Å². The van der Waals surface area contributed by atoms with Gasteiger partial charge in [-0.1, -0.05) is 42.5 Å². The van der Waals surface area contributed by atoms with Gasteiger partial charge in [-0.3, -0.25) is 4.79 Å². The number of hydrogen-bond acceptors (Lipinski definition) is 4. The number of esters is 1. The zero-order chi connectivity index (χ0) is 17.9. The fourth-order valence-electron chi connectivity index (χ4n) is 3.42. The number of nitrogens with one attached hydrogen (secondary N) is 1. The minimum absolute atomic E-state index is 0.0302. The Labute approximate surface area is 150 Å². The van der Waals surface area contributed by atoms with Crippen LogP contribution in [0.4, 0.5) is 0 Å². The van der Waals surface area contributed by atoms with Crippen molar-refractivity contribution in [1.82, 2.24) is 5.32 Å². The second-order valence-corrected chi connectivity index (χ2v) is 6.44. The number of aryl methyl sites for hydroxylation is 1. The van der Waals surface area contributed by atoms with E-state index in [1.54, 1.807) is 12.1 Å². The number of amides is 1. The van der Waals surface area contributed by atoms with Gasteiger partial charge in [0.25, 0.3) is 5.91 Å². The number of carbonyl (C=O) groups is 2. The van der Waals surface area contributed by atoms with Crippen molar-refractivity contribution in [3.8, 4) is 0 Å². The molecule has 5 heteroatoms. The summed E-state index contributed by atoms with van der Waals surface area (Å²) in [5.74, 6) is -0.849. The van der Waals surface area contributed by atoms with Crippen molar-refractivity contribution in [1.29, 1.82) is 0 Å². The highest BCUT2D eigenvalue weighted by Crippen LogP contribution is 2.29. The molecule has 0 saturated heterocycles. The highest BCUT2D eigenvalue weighted by atomic mass is 16.5. The van der Waals surface area contributed by atoms with Crippen molar-refractivity contribution in [3.05, 3.63) is 71.5 Å². The predicted octanol–water partition coefficient (Wildman–Crippen LogP) is 3.78. The molecule has 0 radical (unpaired) electrons. The summed E-state index contributed by atoms with van der Waals surface area (Å²) in [5.41, 5.74) is 3.03. The Morgan fingerprint density at radius 3 is 2.81 bits per heavy atom. The van der Waals surface area contributed by atoms with E-state index in [1.807, 2.05) is 36.4 Å². The molecule has 132 valence electrons. The van der Waals surface area contributed by atoms with Gasteiger partial charge >= 0.3 is 5.97 Å². The van der Waals surface area contributed by atoms with Crippen LogP contribution in [0.1, 0.15) is 40.6 Å². The van der Waals surface area contributed by atoms with Crippen molar-refractivity contribution in [2.75, 3.05) is 6.61 Å². The number of hydrogen-bond donors (Lipinski definition) is 1. The van der Waals surface area contributed by atoms with E-state index in [-0.39, 0.29) is 24.3 Å². The molecule has 0 spiro atoms. The molecule has 1 aliphatic carbocycles. The lowest BCUT2D eigenvalue weighted by molar-refractivity contribution is -0.125. The van der Waals surface area contributed by atoms with E-state index in [2.05, 4.69) is 11.4 Å². The smallest absolute Gasteiger partial charge is 0.374 e. The molecule has 0 bridgehead atoms. The highest BCUT2D eigenvalue weighted by molar-refractivity contribution is 5.93. The van der Waals surface area contributed by atoms with Crippen molar-refractivity contribution >= 4 is 22.8 Å². The van der Waals surface area contributed by atoms with Crippen LogP contribution in [0.2, 0.25) is 0 Å². The van der Waals surface area contributed by atoms with Gasteiger partial charge in [0.05, 0.1) is 6.04 Å². The SMILES string of the molecule is O=C(COC(=O)c1cc2ccccc2o1)N[C@H]1CCCc2ccccc21. The minimum atomic E-state index is -0.639. The standard InChI is InChI=1S/C21H19NO4/c23-20(22-17-10-5-8-14-6-1-3-9-16(14)17)13-25-21(24)19-12-15-7-2-4-11-18(15)26-19/h1-4,6-7,9,11-12,17H,5,8,10,13H2,(H,22,23)/t17-/m0/s1. The summed E-state index contributed by atoms with van der Waals surface area (Å²) in [6, 6.07) is 17.0. The van der Waals surface area contributed by atoms with E-state index < -0.39 is 5.97 Å². The van der Waals surface area contributed by atoms with Gasteiger partial charge < -0.3 is 14.5 Å². The lowest BCUT2D eigenvalue weighted by Gasteiger charge is -2.26. The summed E-state index contributed by atoms with van der Waals surface area (Å²) in [5, 5.41) is 3.78. The Bertz CT molecular complexity index is 926. The first-order valence-electron chi connectivity index (χ1n) is 8.73. The van der Waals surface area contributed by atoms with E-state index in [4.69, 9.17) is 9.15 Å². The molecular formula is C21H19NO4. The molecule has 5 nitrogen and oxygen atoms in total. The van der Waals surface area contributed by atoms with Crippen LogP contribution in [-0.4, -0.2) is 18.5 Å². The maximum atomic E-state index is 12.2. The van der Waals surface area contributed by atoms with Gasteiger partial charge in [-0.05, 0) is 42.5 Å². The molecule has 1 heterocycles. The van der Waals surface area contributed by atoms with E-state index >= 15 is 0 Å². The van der Waals surface area contributed by atoms with Crippen LogP contribution < -0.4 is 5.32 Å². The van der Waals surface area contributed by atoms with Gasteiger partial charge in [0, 0.05) is 5.39 Å². The van der Waals surface area contributed by atoms with Crippen molar-refractivity contribution < 1.29 is 18.7 Å². The molecular weight excluding hydrogens is 330 g/mol. The second kappa shape index (κ2) is 7.04. The summed E-state index contributed by atoms with van der Waals surface area (Å²) in [6.45, 7) is -0.325. The number of carbonyl (C=O) groups excluding carboxylic acids is 2. The Morgan fingerprint density at radius 1 is 1.12 bits per heavy atom. The third-order valence-corrected chi connectivity index (χ3v) is 4.67. The zero-order valence-corrected chi connectivity index (χ0v) is 14.2. The molecule has 1 N–H and O–H groups in total. The van der Waals surface area contributed by atoms with Gasteiger partial charge in [-0.2, -0.15) is 0 Å². The minimum Gasteiger partial charge on any atom is -0.450 e. The number of benzene rings is 2. The van der Waals surface area contributed by atoms with Crippen LogP contribution in [0.3, 0.4) is 0 Å². The van der Waals surface area contributed by atoms with Crippen LogP contribution >= 0.6 is 0 Å². The average Bonchev–Trinajstić information content (AvgIpc) is 3.11. The molecule has 1 atom stereocenters. The largest absolute Gasteiger partial charge is 0.450 e. The molecule has 1 aromatic heterocycles. The summed E-state index contributed by atoms with van der Waals surface area (Å²) >= 11 is 0. The summed E-state index contributed by atoms with van der Waals surface area (Å²) in [4.78, 5) is 24.3. The number of para-hydroxylation sites is 1. The van der Waals surface area contributed by atoms with E-state index in [0.717, 1.165) is 30.2 Å². The molecule has 0 fully saturated rings. The van der Waals surface area contributed by atoms with Gasteiger partial charge in [0.15, 0.2) is 6.61 Å². The Kier molecular flexibility index (Phi) is 4.44. The van der Waals surface area contributed by atoms with E-state index in [9.17, 15) is 9.59 Å². The molecule has 0 aliphatic heterocycles. The fraction of sp³-hybridized carbons (Fsp3) is 0.238. The lowest BCUT2D eigenvalue weighted by atomic mass is 9.88. The zero-order valence-electron chi connectivity index (χ0n) is 14.2. The first-order chi connectivity index (χ1) is 12.7. The quantitative estimate of drug-likeness (QED) is 0.728. The van der Waals surface area contributed by atoms with Crippen LogP contribution in [0.5, 0.6) is 0 Å². The van der Waals surface area contributed by atoms with Crippen molar-refractivity contribution in [2.24, 2.45) is 0 Å². The monoisotopic (exact) mass is 349 g/mol. The Morgan fingerprint density at radius 2 is 1.92 bits per heavy atom. The highest BCUT2D eigenvalue weighted by Gasteiger charge is 2.22. The van der Waals surface area contributed by atoms with E-state index in [1.165, 1.54) is 5.56 Å². The van der Waals surface area contributed by atoms with Gasteiger partial charge in [0.2, 0.25) is 5.76 Å². The number of ether oxygens (including phenoxy) is 1. The molecule has 1 aliphatic rings. The molecule has 0 saturated carbocycles. The van der Waals surface area contributed by atoms with Crippen LogP contribution in [0.25, 0.3) is 11.0 Å². The van der Waals surface area contributed by atoms with E-state index in [0.29, 0.717) is 5.58 Å². The van der Waals surface area contributed by atoms with Gasteiger partial charge in [-0.25, -0.2) is 4.79 Å². The first kappa shape index (κ1) is 16.4. The lowest BCUT2D eigenvalue weighted by Crippen LogP contribution is -2.34. The van der Waals surface area contributed by atoms with Crippen molar-refractivity contribution in [3.63, 3.8) is 0 Å². The number of rotatable bonds is 4. The molecule has 26 heavy (non-hydrogen) atoms. The average molecular weight is 349 g/mol. The fourth-order valence-corrected chi connectivity index (χ4v) is 3.42. The predicted molar refractivity (Wildman–Crippen MR) is 96.8 cm³/mol. The summed E-state index contributed by atoms with van der Waals surface area (Å²) in [7, 11) is 0. The first-order valence-corrected chi connectivity index (χ1v) is 8.73.